The molecular formula is C15H14F3N3. The van der Waals surface area contributed by atoms with E-state index in [1.165, 1.54) is 0 Å². The van der Waals surface area contributed by atoms with E-state index in [-0.39, 0.29) is 11.4 Å². The third-order valence-electron chi connectivity index (χ3n) is 3.71. The zero-order chi connectivity index (χ0) is 15.0. The minimum absolute atomic E-state index is 0.0881. The largest absolute Gasteiger partial charge is 0.383 e. The van der Waals surface area contributed by atoms with E-state index < -0.39 is 17.5 Å². The maximum atomic E-state index is 13.3. The number of rotatable bonds is 1. The molecule has 0 bridgehead atoms. The Morgan fingerprint density at radius 3 is 2.29 bits per heavy atom. The molecule has 0 spiro atoms. The Kier molecular flexibility index (Phi) is 3.53. The van der Waals surface area contributed by atoms with Gasteiger partial charge in [0.2, 0.25) is 0 Å². The molecule has 1 aliphatic carbocycles. The smallest absolute Gasteiger partial charge is 0.194 e. The van der Waals surface area contributed by atoms with E-state index in [1.807, 2.05) is 0 Å². The number of nitrogens with two attached hydrogens (primary N) is 1. The second-order valence-corrected chi connectivity index (χ2v) is 5.17. The van der Waals surface area contributed by atoms with Crippen molar-refractivity contribution in [2.75, 3.05) is 5.73 Å². The Hall–Kier alpha value is -2.11. The van der Waals surface area contributed by atoms with Crippen LogP contribution < -0.4 is 5.73 Å². The Labute approximate surface area is 120 Å². The zero-order valence-electron chi connectivity index (χ0n) is 11.3. The standard InChI is InChI=1S/C15H14F3N3/c16-10-6-8(7-11(17)13(10)18)15-20-12-5-3-1-2-4-9(12)14(19)21-15/h6-7H,1-5H2,(H2,19,20,21). The Balaban J connectivity index is 2.11. The summed E-state index contributed by atoms with van der Waals surface area (Å²) in [7, 11) is 0. The fraction of sp³-hybridized carbons (Fsp3) is 0.333. The number of benzene rings is 1. The average Bonchev–Trinajstić information content (AvgIpc) is 2.69. The Bertz CT molecular complexity index is 678. The van der Waals surface area contributed by atoms with Crippen molar-refractivity contribution in [1.29, 1.82) is 0 Å². The van der Waals surface area contributed by atoms with Gasteiger partial charge in [-0.15, -0.1) is 0 Å². The first kappa shape index (κ1) is 13.9. The zero-order valence-corrected chi connectivity index (χ0v) is 11.3. The van der Waals surface area contributed by atoms with Gasteiger partial charge in [0.1, 0.15) is 5.82 Å². The lowest BCUT2D eigenvalue weighted by Gasteiger charge is -2.10. The molecule has 2 N–H and O–H groups in total. The maximum Gasteiger partial charge on any atom is 0.194 e. The molecule has 2 aromatic rings. The highest BCUT2D eigenvalue weighted by Crippen LogP contribution is 2.27. The molecule has 0 saturated carbocycles. The topological polar surface area (TPSA) is 51.8 Å². The Morgan fingerprint density at radius 2 is 1.57 bits per heavy atom. The van der Waals surface area contributed by atoms with Crippen LogP contribution >= 0.6 is 0 Å². The lowest BCUT2D eigenvalue weighted by molar-refractivity contribution is 0.447. The number of nitrogen functional groups attached to an aromatic ring is 1. The number of halogens is 3. The first-order valence-corrected chi connectivity index (χ1v) is 6.86. The molecule has 0 amide bonds. The highest BCUT2D eigenvalue weighted by Gasteiger charge is 2.18. The molecule has 1 aromatic heterocycles. The van der Waals surface area contributed by atoms with Gasteiger partial charge in [0.15, 0.2) is 23.3 Å². The van der Waals surface area contributed by atoms with Crippen molar-refractivity contribution in [2.24, 2.45) is 0 Å². The van der Waals surface area contributed by atoms with E-state index in [2.05, 4.69) is 9.97 Å². The van der Waals surface area contributed by atoms with Crippen molar-refractivity contribution in [1.82, 2.24) is 9.97 Å². The van der Waals surface area contributed by atoms with Crippen molar-refractivity contribution in [3.8, 4) is 11.4 Å². The molecule has 110 valence electrons. The van der Waals surface area contributed by atoms with Crippen LogP contribution in [0.5, 0.6) is 0 Å². The van der Waals surface area contributed by atoms with Gasteiger partial charge < -0.3 is 5.73 Å². The normalized spacial score (nSPS) is 14.6. The molecule has 6 heteroatoms. The predicted molar refractivity (Wildman–Crippen MR) is 73.0 cm³/mol. The van der Waals surface area contributed by atoms with Gasteiger partial charge in [0.05, 0.1) is 0 Å². The summed E-state index contributed by atoms with van der Waals surface area (Å²) in [5.74, 6) is -3.56. The molecule has 1 aliphatic rings. The van der Waals surface area contributed by atoms with Crippen LogP contribution in [0.2, 0.25) is 0 Å². The second kappa shape index (κ2) is 5.35. The summed E-state index contributed by atoms with van der Waals surface area (Å²) in [6.07, 6.45) is 4.69. The van der Waals surface area contributed by atoms with Crippen LogP contribution in [0.15, 0.2) is 12.1 Å². The van der Waals surface area contributed by atoms with Crippen LogP contribution in [0, 0.1) is 17.5 Å². The summed E-state index contributed by atoms with van der Waals surface area (Å²) in [6.45, 7) is 0. The number of anilines is 1. The first-order chi connectivity index (χ1) is 10.1. The predicted octanol–water partition coefficient (Wildman–Crippen LogP) is 3.41. The molecular weight excluding hydrogens is 279 g/mol. The van der Waals surface area contributed by atoms with Crippen LogP contribution in [-0.2, 0) is 12.8 Å². The van der Waals surface area contributed by atoms with Crippen molar-refractivity contribution in [3.05, 3.63) is 40.8 Å². The summed E-state index contributed by atoms with van der Waals surface area (Å²) < 4.78 is 39.7. The lowest BCUT2D eigenvalue weighted by atomic mass is 10.1. The van der Waals surface area contributed by atoms with Crippen molar-refractivity contribution in [2.45, 2.75) is 32.1 Å². The third kappa shape index (κ3) is 2.57. The van der Waals surface area contributed by atoms with Gasteiger partial charge in [-0.05, 0) is 37.8 Å². The van der Waals surface area contributed by atoms with E-state index in [0.717, 1.165) is 55.5 Å². The highest BCUT2D eigenvalue weighted by atomic mass is 19.2. The molecule has 0 unspecified atom stereocenters. The van der Waals surface area contributed by atoms with Gasteiger partial charge >= 0.3 is 0 Å². The molecule has 1 aromatic carbocycles. The number of nitrogens with zero attached hydrogens (tertiary/aromatic N) is 2. The molecule has 3 rings (SSSR count). The van der Waals surface area contributed by atoms with Crippen LogP contribution in [0.4, 0.5) is 19.0 Å². The summed E-state index contributed by atoms with van der Waals surface area (Å²) in [4.78, 5) is 8.49. The summed E-state index contributed by atoms with van der Waals surface area (Å²) >= 11 is 0. The lowest BCUT2D eigenvalue weighted by Crippen LogP contribution is -2.07. The third-order valence-corrected chi connectivity index (χ3v) is 3.71. The van der Waals surface area contributed by atoms with Crippen LogP contribution in [0.3, 0.4) is 0 Å². The van der Waals surface area contributed by atoms with Crippen LogP contribution in [0.25, 0.3) is 11.4 Å². The van der Waals surface area contributed by atoms with Crippen molar-refractivity contribution in [3.63, 3.8) is 0 Å². The Morgan fingerprint density at radius 1 is 0.905 bits per heavy atom. The highest BCUT2D eigenvalue weighted by molar-refractivity contribution is 5.59. The van der Waals surface area contributed by atoms with Crippen molar-refractivity contribution < 1.29 is 13.2 Å². The molecule has 1 heterocycles. The van der Waals surface area contributed by atoms with Crippen LogP contribution in [-0.4, -0.2) is 9.97 Å². The van der Waals surface area contributed by atoms with E-state index >= 15 is 0 Å². The van der Waals surface area contributed by atoms with E-state index in [9.17, 15) is 13.2 Å². The summed E-state index contributed by atoms with van der Waals surface area (Å²) in [5.41, 5.74) is 7.77. The van der Waals surface area contributed by atoms with Gasteiger partial charge in [-0.1, -0.05) is 6.42 Å². The summed E-state index contributed by atoms with van der Waals surface area (Å²) in [6, 6.07) is 1.77. The summed E-state index contributed by atoms with van der Waals surface area (Å²) in [5, 5.41) is 0. The molecule has 0 fully saturated rings. The molecule has 0 saturated heterocycles. The van der Waals surface area contributed by atoms with Crippen molar-refractivity contribution >= 4 is 5.82 Å². The van der Waals surface area contributed by atoms with E-state index in [0.29, 0.717) is 5.82 Å². The quantitative estimate of drug-likeness (QED) is 0.647. The van der Waals surface area contributed by atoms with E-state index in [4.69, 9.17) is 5.73 Å². The van der Waals surface area contributed by atoms with Gasteiger partial charge in [-0.2, -0.15) is 0 Å². The number of aryl methyl sites for hydroxylation is 1. The number of hydrogen-bond acceptors (Lipinski definition) is 3. The SMILES string of the molecule is Nc1nc(-c2cc(F)c(F)c(F)c2)nc2c1CCCCC2. The fourth-order valence-corrected chi connectivity index (χ4v) is 2.61. The minimum atomic E-state index is -1.50. The minimum Gasteiger partial charge on any atom is -0.383 e. The number of fused-ring (bicyclic) bond motifs is 1. The number of hydrogen-bond donors (Lipinski definition) is 1. The molecule has 3 nitrogen and oxygen atoms in total. The molecule has 0 aliphatic heterocycles. The average molecular weight is 293 g/mol. The van der Waals surface area contributed by atoms with Gasteiger partial charge in [0, 0.05) is 16.8 Å². The molecule has 0 radical (unpaired) electrons. The maximum absolute atomic E-state index is 13.3. The monoisotopic (exact) mass is 293 g/mol. The molecule has 0 atom stereocenters. The van der Waals surface area contributed by atoms with E-state index in [1.54, 1.807) is 0 Å². The first-order valence-electron chi connectivity index (χ1n) is 6.86. The van der Waals surface area contributed by atoms with Crippen LogP contribution in [0.1, 0.15) is 30.5 Å². The second-order valence-electron chi connectivity index (χ2n) is 5.17. The number of aromatic nitrogens is 2. The van der Waals surface area contributed by atoms with Gasteiger partial charge in [-0.3, -0.25) is 0 Å². The van der Waals surface area contributed by atoms with Gasteiger partial charge in [0.25, 0.3) is 0 Å². The molecule has 21 heavy (non-hydrogen) atoms. The van der Waals surface area contributed by atoms with Gasteiger partial charge in [-0.25, -0.2) is 23.1 Å². The fourth-order valence-electron chi connectivity index (χ4n) is 2.61.